The van der Waals surface area contributed by atoms with Gasteiger partial charge in [-0.25, -0.2) is 0 Å². The number of hydrogen-bond acceptors (Lipinski definition) is 3. The summed E-state index contributed by atoms with van der Waals surface area (Å²) in [6, 6.07) is 1.91. The quantitative estimate of drug-likeness (QED) is 0.920. The highest BCUT2D eigenvalue weighted by Crippen LogP contribution is 2.22. The first-order chi connectivity index (χ1) is 8.70. The molecule has 2 rings (SSSR count). The van der Waals surface area contributed by atoms with Crippen molar-refractivity contribution in [3.63, 3.8) is 0 Å². The van der Waals surface area contributed by atoms with Crippen LogP contribution in [0.4, 0.5) is 0 Å². The number of halogens is 1. The molecule has 1 amide bonds. The van der Waals surface area contributed by atoms with Crippen LogP contribution in [0.2, 0.25) is 0 Å². The first-order valence-electron chi connectivity index (χ1n) is 6.44. The van der Waals surface area contributed by atoms with Gasteiger partial charge < -0.3 is 10.2 Å². The number of piperidine rings is 1. The van der Waals surface area contributed by atoms with E-state index in [1.165, 1.54) is 12.8 Å². The molecule has 0 spiro atoms. The zero-order chi connectivity index (χ0) is 13.0. The third kappa shape index (κ3) is 3.56. The van der Waals surface area contributed by atoms with Crippen LogP contribution < -0.4 is 5.32 Å². The van der Waals surface area contributed by atoms with Crippen molar-refractivity contribution in [2.75, 3.05) is 26.2 Å². The van der Waals surface area contributed by atoms with Crippen molar-refractivity contribution in [3.8, 4) is 0 Å². The Morgan fingerprint density at radius 1 is 1.67 bits per heavy atom. The SMILES string of the molecule is CCN(CC1CCCNC1)C(=O)c1csc(Br)c1. The molecule has 0 aliphatic carbocycles. The van der Waals surface area contributed by atoms with Crippen molar-refractivity contribution in [2.24, 2.45) is 5.92 Å². The third-order valence-electron chi connectivity index (χ3n) is 3.36. The molecule has 1 saturated heterocycles. The van der Waals surface area contributed by atoms with Crippen molar-refractivity contribution in [1.82, 2.24) is 10.2 Å². The highest BCUT2D eigenvalue weighted by atomic mass is 79.9. The third-order valence-corrected chi connectivity index (χ3v) is 4.87. The maximum absolute atomic E-state index is 12.4. The van der Waals surface area contributed by atoms with Gasteiger partial charge in [0.1, 0.15) is 0 Å². The molecule has 1 fully saturated rings. The smallest absolute Gasteiger partial charge is 0.254 e. The highest BCUT2D eigenvalue weighted by molar-refractivity contribution is 9.11. The minimum absolute atomic E-state index is 0.157. The van der Waals surface area contributed by atoms with Crippen molar-refractivity contribution in [2.45, 2.75) is 19.8 Å². The van der Waals surface area contributed by atoms with E-state index in [-0.39, 0.29) is 5.91 Å². The van der Waals surface area contributed by atoms with Crippen LogP contribution in [0.15, 0.2) is 15.2 Å². The van der Waals surface area contributed by atoms with E-state index in [1.807, 2.05) is 16.3 Å². The van der Waals surface area contributed by atoms with E-state index in [0.29, 0.717) is 5.92 Å². The molecule has 0 saturated carbocycles. The Bertz CT molecular complexity index is 401. The monoisotopic (exact) mass is 330 g/mol. The Kier molecular flexibility index (Phi) is 5.21. The Balaban J connectivity index is 1.97. The molecule has 1 aromatic rings. The first kappa shape index (κ1) is 14.0. The van der Waals surface area contributed by atoms with Gasteiger partial charge in [-0.05, 0) is 60.8 Å². The van der Waals surface area contributed by atoms with Crippen LogP contribution >= 0.6 is 27.3 Å². The standard InChI is InChI=1S/C13H19BrN2OS/c1-2-16(8-10-4-3-5-15-7-10)13(17)11-6-12(14)18-9-11/h6,9-10,15H,2-5,7-8H2,1H3. The Hall–Kier alpha value is -0.390. The molecule has 1 N–H and O–H groups in total. The second kappa shape index (κ2) is 6.68. The predicted molar refractivity (Wildman–Crippen MR) is 79.2 cm³/mol. The van der Waals surface area contributed by atoms with Crippen molar-refractivity contribution >= 4 is 33.2 Å². The van der Waals surface area contributed by atoms with Gasteiger partial charge in [0.2, 0.25) is 0 Å². The lowest BCUT2D eigenvalue weighted by Crippen LogP contribution is -2.40. The zero-order valence-electron chi connectivity index (χ0n) is 10.6. The average molecular weight is 331 g/mol. The second-order valence-electron chi connectivity index (χ2n) is 4.70. The topological polar surface area (TPSA) is 32.3 Å². The number of nitrogens with one attached hydrogen (secondary N) is 1. The second-order valence-corrected chi connectivity index (χ2v) is 6.99. The van der Waals surface area contributed by atoms with Crippen molar-refractivity contribution in [3.05, 3.63) is 20.8 Å². The molecule has 0 aromatic carbocycles. The molecule has 3 nitrogen and oxygen atoms in total. The van der Waals surface area contributed by atoms with Crippen LogP contribution in [0.5, 0.6) is 0 Å². The summed E-state index contributed by atoms with van der Waals surface area (Å²) >= 11 is 4.97. The molecule has 1 aromatic heterocycles. The van der Waals surface area contributed by atoms with E-state index in [9.17, 15) is 4.79 Å². The van der Waals surface area contributed by atoms with Crippen LogP contribution in [0, 0.1) is 5.92 Å². The van der Waals surface area contributed by atoms with Gasteiger partial charge in [0.05, 0.1) is 9.35 Å². The van der Waals surface area contributed by atoms with E-state index in [1.54, 1.807) is 11.3 Å². The molecular formula is C13H19BrN2OS. The normalized spacial score (nSPS) is 19.8. The van der Waals surface area contributed by atoms with Gasteiger partial charge >= 0.3 is 0 Å². The summed E-state index contributed by atoms with van der Waals surface area (Å²) in [4.78, 5) is 14.3. The van der Waals surface area contributed by atoms with Gasteiger partial charge in [0.25, 0.3) is 5.91 Å². The van der Waals surface area contributed by atoms with Gasteiger partial charge in [-0.2, -0.15) is 0 Å². The van der Waals surface area contributed by atoms with E-state index >= 15 is 0 Å². The number of amides is 1. The van der Waals surface area contributed by atoms with Crippen LogP contribution in [-0.4, -0.2) is 37.0 Å². The average Bonchev–Trinajstić information content (AvgIpc) is 2.83. The minimum atomic E-state index is 0.157. The van der Waals surface area contributed by atoms with E-state index in [2.05, 4.69) is 28.2 Å². The maximum atomic E-state index is 12.4. The Labute approximate surface area is 121 Å². The number of carbonyl (C=O) groups excluding carboxylic acids is 1. The summed E-state index contributed by atoms with van der Waals surface area (Å²) < 4.78 is 1.02. The van der Waals surface area contributed by atoms with E-state index < -0.39 is 0 Å². The molecule has 1 atom stereocenters. The van der Waals surface area contributed by atoms with E-state index in [4.69, 9.17) is 0 Å². The molecule has 18 heavy (non-hydrogen) atoms. The van der Waals surface area contributed by atoms with Gasteiger partial charge in [-0.3, -0.25) is 4.79 Å². The molecule has 0 bridgehead atoms. The molecule has 0 radical (unpaired) electrons. The van der Waals surface area contributed by atoms with Crippen LogP contribution in [0.25, 0.3) is 0 Å². The first-order valence-corrected chi connectivity index (χ1v) is 8.12. The number of rotatable bonds is 4. The zero-order valence-corrected chi connectivity index (χ0v) is 13.0. The highest BCUT2D eigenvalue weighted by Gasteiger charge is 2.21. The maximum Gasteiger partial charge on any atom is 0.254 e. The molecule has 5 heteroatoms. The lowest BCUT2D eigenvalue weighted by Gasteiger charge is -2.29. The van der Waals surface area contributed by atoms with Gasteiger partial charge in [-0.15, -0.1) is 11.3 Å². The molecule has 1 aliphatic heterocycles. The van der Waals surface area contributed by atoms with Gasteiger partial charge in [-0.1, -0.05) is 0 Å². The number of nitrogens with zero attached hydrogens (tertiary/aromatic N) is 1. The number of thiophene rings is 1. The molecular weight excluding hydrogens is 312 g/mol. The van der Waals surface area contributed by atoms with Crippen LogP contribution in [0.3, 0.4) is 0 Å². The minimum Gasteiger partial charge on any atom is -0.339 e. The summed E-state index contributed by atoms with van der Waals surface area (Å²) in [5.74, 6) is 0.759. The van der Waals surface area contributed by atoms with E-state index in [0.717, 1.165) is 35.5 Å². The number of hydrogen-bond donors (Lipinski definition) is 1. The summed E-state index contributed by atoms with van der Waals surface area (Å²) in [6.45, 7) is 5.86. The molecule has 1 unspecified atom stereocenters. The predicted octanol–water partition coefficient (Wildman–Crippen LogP) is 2.97. The van der Waals surface area contributed by atoms with Crippen LogP contribution in [0.1, 0.15) is 30.1 Å². The summed E-state index contributed by atoms with van der Waals surface area (Å²) in [5, 5.41) is 5.33. The fourth-order valence-electron chi connectivity index (χ4n) is 2.35. The van der Waals surface area contributed by atoms with Gasteiger partial charge in [0, 0.05) is 18.5 Å². The fourth-order valence-corrected chi connectivity index (χ4v) is 3.48. The number of carbonyl (C=O) groups is 1. The lowest BCUT2D eigenvalue weighted by molar-refractivity contribution is 0.0729. The Morgan fingerprint density at radius 3 is 3.06 bits per heavy atom. The van der Waals surface area contributed by atoms with Crippen molar-refractivity contribution < 1.29 is 4.79 Å². The summed E-state index contributed by atoms with van der Waals surface area (Å²) in [5.41, 5.74) is 0.803. The van der Waals surface area contributed by atoms with Gasteiger partial charge in [0.15, 0.2) is 0 Å². The molecule has 1 aliphatic rings. The summed E-state index contributed by atoms with van der Waals surface area (Å²) in [6.07, 6.45) is 2.45. The fraction of sp³-hybridized carbons (Fsp3) is 0.615. The summed E-state index contributed by atoms with van der Waals surface area (Å²) in [7, 11) is 0. The lowest BCUT2D eigenvalue weighted by atomic mass is 9.99. The molecule has 100 valence electrons. The molecule has 2 heterocycles. The van der Waals surface area contributed by atoms with Crippen molar-refractivity contribution in [1.29, 1.82) is 0 Å². The largest absolute Gasteiger partial charge is 0.339 e. The Morgan fingerprint density at radius 2 is 2.50 bits per heavy atom. The van der Waals surface area contributed by atoms with Crippen LogP contribution in [-0.2, 0) is 0 Å².